The zero-order chi connectivity index (χ0) is 17.4. The van der Waals surface area contributed by atoms with E-state index in [0.29, 0.717) is 30.3 Å². The predicted molar refractivity (Wildman–Crippen MR) is 85.5 cm³/mol. The molecule has 1 aliphatic heterocycles. The van der Waals surface area contributed by atoms with Gasteiger partial charge < -0.3 is 18.9 Å². The van der Waals surface area contributed by atoms with Crippen LogP contribution in [0.2, 0.25) is 0 Å². The number of aliphatic hydroxyl groups is 1. The maximum Gasteiger partial charge on any atom is 0.276 e. The number of hydrogen-bond donors (Lipinski definition) is 1. The van der Waals surface area contributed by atoms with E-state index in [-0.39, 0.29) is 17.6 Å². The van der Waals surface area contributed by atoms with Crippen molar-refractivity contribution in [2.75, 3.05) is 6.54 Å². The Morgan fingerprint density at radius 1 is 1.48 bits per heavy atom. The summed E-state index contributed by atoms with van der Waals surface area (Å²) in [5.74, 6) is 0.694. The van der Waals surface area contributed by atoms with Gasteiger partial charge in [-0.15, -0.1) is 0 Å². The Labute approximate surface area is 143 Å². The second kappa shape index (κ2) is 6.14. The monoisotopic (exact) mass is 340 g/mol. The van der Waals surface area contributed by atoms with Gasteiger partial charge in [-0.25, -0.2) is 4.98 Å². The summed E-state index contributed by atoms with van der Waals surface area (Å²) in [7, 11) is 0. The van der Waals surface area contributed by atoms with Crippen LogP contribution in [0.15, 0.2) is 45.8 Å². The Morgan fingerprint density at radius 3 is 3.08 bits per heavy atom. The maximum atomic E-state index is 12.3. The number of oxazole rings is 1. The third-order valence-corrected chi connectivity index (χ3v) is 4.31. The molecule has 25 heavy (non-hydrogen) atoms. The van der Waals surface area contributed by atoms with Crippen LogP contribution in [-0.4, -0.2) is 49.7 Å². The van der Waals surface area contributed by atoms with Crippen LogP contribution in [0.5, 0.6) is 0 Å². The van der Waals surface area contributed by atoms with Crippen molar-refractivity contribution in [3.8, 4) is 11.3 Å². The van der Waals surface area contributed by atoms with Crippen LogP contribution in [-0.2, 0) is 6.42 Å². The van der Waals surface area contributed by atoms with Gasteiger partial charge in [0.05, 0.1) is 18.6 Å². The summed E-state index contributed by atoms with van der Waals surface area (Å²) < 4.78 is 10.7. The van der Waals surface area contributed by atoms with Gasteiger partial charge in [-0.3, -0.25) is 9.78 Å². The van der Waals surface area contributed by atoms with Gasteiger partial charge in [0.15, 0.2) is 5.69 Å². The lowest BCUT2D eigenvalue weighted by molar-refractivity contribution is -0.0360. The van der Waals surface area contributed by atoms with Crippen LogP contribution in [0.25, 0.3) is 11.3 Å². The third kappa shape index (κ3) is 2.91. The topological polar surface area (TPSA) is 105 Å². The lowest BCUT2D eigenvalue weighted by atomic mass is 10.0. The van der Waals surface area contributed by atoms with Gasteiger partial charge >= 0.3 is 0 Å². The Hall–Kier alpha value is -3.00. The summed E-state index contributed by atoms with van der Waals surface area (Å²) in [6, 6.07) is 5.29. The smallest absolute Gasteiger partial charge is 0.276 e. The van der Waals surface area contributed by atoms with Crippen LogP contribution in [0, 0.1) is 0 Å². The van der Waals surface area contributed by atoms with Crippen molar-refractivity contribution < 1.29 is 18.8 Å². The first-order valence-electron chi connectivity index (χ1n) is 7.91. The fourth-order valence-electron chi connectivity index (χ4n) is 2.69. The second-order valence-corrected chi connectivity index (χ2v) is 5.99. The maximum absolute atomic E-state index is 12.3. The molecule has 0 aromatic carbocycles. The van der Waals surface area contributed by atoms with Gasteiger partial charge in [-0.2, -0.15) is 0 Å². The van der Waals surface area contributed by atoms with Crippen molar-refractivity contribution in [2.45, 2.75) is 25.5 Å². The van der Waals surface area contributed by atoms with E-state index in [0.717, 1.165) is 5.56 Å². The number of aliphatic hydroxyl groups excluding tert-OH is 1. The average molecular weight is 340 g/mol. The molecule has 8 heteroatoms. The van der Waals surface area contributed by atoms with Crippen molar-refractivity contribution in [3.05, 3.63) is 54.2 Å². The number of carbonyl (C=O) groups excluding carboxylic acids is 1. The van der Waals surface area contributed by atoms with Gasteiger partial charge in [0.1, 0.15) is 17.7 Å². The molecule has 0 aliphatic carbocycles. The normalized spacial score (nSPS) is 19.7. The van der Waals surface area contributed by atoms with E-state index in [1.54, 1.807) is 30.3 Å². The first kappa shape index (κ1) is 15.5. The SMILES string of the molecule is C[C@H]1C(O)CN1C(=O)c1coc(Cc2cc(-c3cccnc3)no2)n1. The molecule has 1 N–H and O–H groups in total. The largest absolute Gasteiger partial charge is 0.448 e. The summed E-state index contributed by atoms with van der Waals surface area (Å²) in [6.07, 6.45) is 4.53. The van der Waals surface area contributed by atoms with Crippen molar-refractivity contribution in [3.63, 3.8) is 0 Å². The molecule has 3 aromatic heterocycles. The van der Waals surface area contributed by atoms with E-state index in [9.17, 15) is 9.90 Å². The minimum Gasteiger partial charge on any atom is -0.448 e. The number of hydrogen-bond acceptors (Lipinski definition) is 7. The number of pyridine rings is 1. The average Bonchev–Trinajstić information content (AvgIpc) is 3.29. The van der Waals surface area contributed by atoms with Crippen molar-refractivity contribution in [1.29, 1.82) is 0 Å². The molecule has 3 aromatic rings. The first-order valence-corrected chi connectivity index (χ1v) is 7.91. The molecule has 4 rings (SSSR count). The summed E-state index contributed by atoms with van der Waals surface area (Å²) >= 11 is 0. The summed E-state index contributed by atoms with van der Waals surface area (Å²) in [4.78, 5) is 22.1. The van der Waals surface area contributed by atoms with E-state index < -0.39 is 6.10 Å². The molecular formula is C17H16N4O4. The number of likely N-dealkylation sites (tertiary alicyclic amines) is 1. The number of rotatable bonds is 4. The van der Waals surface area contributed by atoms with E-state index in [1.807, 2.05) is 12.1 Å². The number of nitrogens with zero attached hydrogens (tertiary/aromatic N) is 4. The van der Waals surface area contributed by atoms with Crippen molar-refractivity contribution in [1.82, 2.24) is 20.0 Å². The Kier molecular flexibility index (Phi) is 3.81. The van der Waals surface area contributed by atoms with Crippen LogP contribution in [0.3, 0.4) is 0 Å². The molecular weight excluding hydrogens is 324 g/mol. The molecule has 1 aliphatic rings. The number of carbonyl (C=O) groups is 1. The molecule has 1 unspecified atom stereocenters. The van der Waals surface area contributed by atoms with Crippen LogP contribution < -0.4 is 0 Å². The van der Waals surface area contributed by atoms with Crippen LogP contribution in [0.4, 0.5) is 0 Å². The molecule has 2 atom stereocenters. The summed E-state index contributed by atoms with van der Waals surface area (Å²) in [5, 5.41) is 13.5. The number of amides is 1. The Bertz CT molecular complexity index is 889. The molecule has 0 bridgehead atoms. The van der Waals surface area contributed by atoms with Gasteiger partial charge in [0, 0.05) is 30.6 Å². The second-order valence-electron chi connectivity index (χ2n) is 5.99. The quantitative estimate of drug-likeness (QED) is 0.767. The standard InChI is InChI=1S/C17H16N4O4/c1-10-15(22)8-21(10)17(23)14-9-24-16(19-14)6-12-5-13(20-25-12)11-3-2-4-18-7-11/h2-5,7,9-10,15,22H,6,8H2,1H3/t10-,15?/m0/s1. The van der Waals surface area contributed by atoms with Gasteiger partial charge in [-0.1, -0.05) is 5.16 Å². The van der Waals surface area contributed by atoms with Crippen molar-refractivity contribution >= 4 is 5.91 Å². The third-order valence-electron chi connectivity index (χ3n) is 4.31. The fraction of sp³-hybridized carbons (Fsp3) is 0.294. The molecule has 128 valence electrons. The molecule has 4 heterocycles. The predicted octanol–water partition coefficient (Wildman–Crippen LogP) is 1.52. The summed E-state index contributed by atoms with van der Waals surface area (Å²) in [5.41, 5.74) is 1.75. The van der Waals surface area contributed by atoms with Crippen LogP contribution >= 0.6 is 0 Å². The highest BCUT2D eigenvalue weighted by atomic mass is 16.5. The molecule has 1 saturated heterocycles. The van der Waals surface area contributed by atoms with Crippen molar-refractivity contribution in [2.24, 2.45) is 0 Å². The minimum absolute atomic E-state index is 0.205. The number of β-amino-alcohol motifs (C(OH)–C–C–N with tert-alkyl or cyclic N) is 1. The van der Waals surface area contributed by atoms with E-state index >= 15 is 0 Å². The molecule has 1 amide bonds. The molecule has 0 spiro atoms. The van der Waals surface area contributed by atoms with E-state index in [4.69, 9.17) is 8.94 Å². The number of aromatic nitrogens is 3. The van der Waals surface area contributed by atoms with Crippen LogP contribution in [0.1, 0.15) is 29.1 Å². The molecule has 0 radical (unpaired) electrons. The van der Waals surface area contributed by atoms with Gasteiger partial charge in [-0.05, 0) is 19.1 Å². The highest BCUT2D eigenvalue weighted by molar-refractivity contribution is 5.92. The highest BCUT2D eigenvalue weighted by Crippen LogP contribution is 2.22. The minimum atomic E-state index is -0.476. The highest BCUT2D eigenvalue weighted by Gasteiger charge is 2.38. The zero-order valence-corrected chi connectivity index (χ0v) is 13.5. The Morgan fingerprint density at radius 2 is 2.36 bits per heavy atom. The fourth-order valence-corrected chi connectivity index (χ4v) is 2.69. The lowest BCUT2D eigenvalue weighted by Gasteiger charge is -2.42. The van der Waals surface area contributed by atoms with Gasteiger partial charge in [0.25, 0.3) is 5.91 Å². The summed E-state index contributed by atoms with van der Waals surface area (Å²) in [6.45, 7) is 2.11. The zero-order valence-electron chi connectivity index (χ0n) is 13.5. The Balaban J connectivity index is 1.45. The molecule has 1 fully saturated rings. The molecule has 8 nitrogen and oxygen atoms in total. The first-order chi connectivity index (χ1) is 12.1. The van der Waals surface area contributed by atoms with E-state index in [1.165, 1.54) is 6.26 Å². The van der Waals surface area contributed by atoms with E-state index in [2.05, 4.69) is 15.1 Å². The molecule has 0 saturated carbocycles. The lowest BCUT2D eigenvalue weighted by Crippen LogP contribution is -2.60. The van der Waals surface area contributed by atoms with Gasteiger partial charge in [0.2, 0.25) is 5.89 Å².